The fourth-order valence-corrected chi connectivity index (χ4v) is 2.91. The summed E-state index contributed by atoms with van der Waals surface area (Å²) < 4.78 is 13.8. The highest BCUT2D eigenvalue weighted by molar-refractivity contribution is 6.35. The van der Waals surface area contributed by atoms with Crippen molar-refractivity contribution in [1.29, 1.82) is 0 Å². The molecule has 2 aromatic carbocycles. The average Bonchev–Trinajstić information content (AvgIpc) is 2.62. The number of phenols is 2. The molecule has 0 spiro atoms. The van der Waals surface area contributed by atoms with Crippen LogP contribution in [0.2, 0.25) is 5.02 Å². The summed E-state index contributed by atoms with van der Waals surface area (Å²) in [7, 11) is 0. The number of rotatable bonds is 3. The van der Waals surface area contributed by atoms with Gasteiger partial charge in [0, 0.05) is 17.4 Å². The van der Waals surface area contributed by atoms with Crippen molar-refractivity contribution in [3.63, 3.8) is 0 Å². The van der Waals surface area contributed by atoms with Crippen molar-refractivity contribution in [3.05, 3.63) is 52.8 Å². The molecule has 0 saturated carbocycles. The molecule has 0 saturated heterocycles. The van der Waals surface area contributed by atoms with Gasteiger partial charge in [0.1, 0.15) is 5.75 Å². The van der Waals surface area contributed by atoms with Crippen LogP contribution in [-0.2, 0) is 0 Å². The molecule has 0 radical (unpaired) electrons. The highest BCUT2D eigenvalue weighted by Gasteiger charge is 2.15. The Morgan fingerprint density at radius 3 is 2.69 bits per heavy atom. The van der Waals surface area contributed by atoms with Crippen LogP contribution in [0.1, 0.15) is 31.7 Å². The Balaban J connectivity index is 2.24. The third-order valence-corrected chi connectivity index (χ3v) is 4.37. The van der Waals surface area contributed by atoms with Gasteiger partial charge in [0.15, 0.2) is 11.6 Å². The maximum absolute atomic E-state index is 13.8. The lowest BCUT2D eigenvalue weighted by atomic mass is 10.0. The first-order valence-electron chi connectivity index (χ1n) is 8.31. The molecule has 3 aromatic rings. The molecule has 0 amide bonds. The lowest BCUT2D eigenvalue weighted by Crippen LogP contribution is -1.93. The van der Waals surface area contributed by atoms with Gasteiger partial charge in [-0.15, -0.1) is 0 Å². The van der Waals surface area contributed by atoms with Crippen molar-refractivity contribution < 1.29 is 14.6 Å². The smallest absolute Gasteiger partial charge is 0.165 e. The molecule has 0 bridgehead atoms. The van der Waals surface area contributed by atoms with E-state index in [4.69, 9.17) is 11.6 Å². The molecule has 0 unspecified atom stereocenters. The zero-order chi connectivity index (χ0) is 18.7. The molecular weight excluding hydrogens is 353 g/mol. The van der Waals surface area contributed by atoms with Gasteiger partial charge < -0.3 is 10.2 Å². The molecule has 0 aliphatic carbocycles. The Labute approximate surface area is 156 Å². The number of pyridine rings is 1. The standard InChI is InChI=1S/C21H17ClFNO2/c1-2-3-4-5-6-15-16-12-14(25)8-9-18(16)24-21(20(15)22)13-7-10-19(26)17(23)11-13/h7-12,25-26H,2-4H2,1H3. The van der Waals surface area contributed by atoms with Crippen LogP contribution < -0.4 is 0 Å². The first-order chi connectivity index (χ1) is 12.5. The number of benzene rings is 2. The van der Waals surface area contributed by atoms with Crippen LogP contribution in [0.25, 0.3) is 22.2 Å². The predicted octanol–water partition coefficient (Wildman–Crippen LogP) is 5.65. The number of aromatic hydroxyl groups is 2. The molecule has 0 fully saturated rings. The first-order valence-corrected chi connectivity index (χ1v) is 8.69. The van der Waals surface area contributed by atoms with Crippen LogP contribution in [0, 0.1) is 17.7 Å². The molecule has 2 N–H and O–H groups in total. The minimum atomic E-state index is -0.748. The number of nitrogens with zero attached hydrogens (tertiary/aromatic N) is 1. The monoisotopic (exact) mass is 369 g/mol. The van der Waals surface area contributed by atoms with Gasteiger partial charge >= 0.3 is 0 Å². The summed E-state index contributed by atoms with van der Waals surface area (Å²) in [6, 6.07) is 8.75. The Hall–Kier alpha value is -2.77. The second-order valence-electron chi connectivity index (χ2n) is 5.92. The molecule has 3 rings (SSSR count). The number of hydrogen-bond acceptors (Lipinski definition) is 3. The van der Waals surface area contributed by atoms with E-state index in [2.05, 4.69) is 23.7 Å². The van der Waals surface area contributed by atoms with Crippen molar-refractivity contribution in [2.45, 2.75) is 26.2 Å². The molecule has 26 heavy (non-hydrogen) atoms. The van der Waals surface area contributed by atoms with Crippen LogP contribution in [0.5, 0.6) is 11.5 Å². The molecule has 132 valence electrons. The van der Waals surface area contributed by atoms with E-state index in [0.717, 1.165) is 19.3 Å². The van der Waals surface area contributed by atoms with Gasteiger partial charge in [0.25, 0.3) is 0 Å². The van der Waals surface area contributed by atoms with E-state index in [0.29, 0.717) is 27.7 Å². The van der Waals surface area contributed by atoms with Crippen molar-refractivity contribution in [2.24, 2.45) is 0 Å². The largest absolute Gasteiger partial charge is 0.508 e. The lowest BCUT2D eigenvalue weighted by Gasteiger charge is -2.10. The summed E-state index contributed by atoms with van der Waals surface area (Å²) in [5.41, 5.74) is 1.96. The lowest BCUT2D eigenvalue weighted by molar-refractivity contribution is 0.432. The minimum absolute atomic E-state index is 0.0930. The van der Waals surface area contributed by atoms with Gasteiger partial charge in [-0.2, -0.15) is 0 Å². The summed E-state index contributed by atoms with van der Waals surface area (Å²) in [5, 5.41) is 20.1. The topological polar surface area (TPSA) is 53.4 Å². The summed E-state index contributed by atoms with van der Waals surface area (Å²) in [6.07, 6.45) is 2.76. The molecule has 0 aliphatic heterocycles. The summed E-state index contributed by atoms with van der Waals surface area (Å²) >= 11 is 6.55. The van der Waals surface area contributed by atoms with Gasteiger partial charge in [0.05, 0.1) is 21.8 Å². The minimum Gasteiger partial charge on any atom is -0.508 e. The summed E-state index contributed by atoms with van der Waals surface area (Å²) in [6.45, 7) is 2.09. The zero-order valence-corrected chi connectivity index (χ0v) is 14.9. The van der Waals surface area contributed by atoms with E-state index in [1.807, 2.05) is 0 Å². The van der Waals surface area contributed by atoms with Gasteiger partial charge in [-0.05, 0) is 42.8 Å². The third kappa shape index (κ3) is 3.58. The fourth-order valence-electron chi connectivity index (χ4n) is 2.61. The normalized spacial score (nSPS) is 10.6. The van der Waals surface area contributed by atoms with E-state index in [-0.39, 0.29) is 10.8 Å². The van der Waals surface area contributed by atoms with Crippen molar-refractivity contribution >= 4 is 22.5 Å². The predicted molar refractivity (Wildman–Crippen MR) is 102 cm³/mol. The number of aromatic nitrogens is 1. The maximum atomic E-state index is 13.8. The second kappa shape index (κ2) is 7.63. The van der Waals surface area contributed by atoms with Crippen LogP contribution in [-0.4, -0.2) is 15.2 Å². The molecule has 3 nitrogen and oxygen atoms in total. The number of fused-ring (bicyclic) bond motifs is 1. The molecule has 5 heteroatoms. The Kier molecular flexibility index (Phi) is 5.29. The molecular formula is C21H17ClFNO2. The molecule has 1 heterocycles. The quantitative estimate of drug-likeness (QED) is 0.463. The summed E-state index contributed by atoms with van der Waals surface area (Å²) in [4.78, 5) is 4.50. The SMILES string of the molecule is CCCCC#Cc1c(Cl)c(-c2ccc(O)c(F)c2)nc2ccc(O)cc12. The van der Waals surface area contributed by atoms with E-state index in [9.17, 15) is 14.6 Å². The zero-order valence-electron chi connectivity index (χ0n) is 14.2. The van der Waals surface area contributed by atoms with Crippen LogP contribution in [0.3, 0.4) is 0 Å². The number of hydrogen-bond donors (Lipinski definition) is 2. The van der Waals surface area contributed by atoms with Gasteiger partial charge in [-0.3, -0.25) is 0 Å². The van der Waals surface area contributed by atoms with Crippen LogP contribution >= 0.6 is 11.6 Å². The number of halogens is 2. The van der Waals surface area contributed by atoms with E-state index < -0.39 is 11.6 Å². The van der Waals surface area contributed by atoms with E-state index in [1.165, 1.54) is 18.2 Å². The van der Waals surface area contributed by atoms with Gasteiger partial charge in [0.2, 0.25) is 0 Å². The fraction of sp³-hybridized carbons (Fsp3) is 0.190. The Morgan fingerprint density at radius 2 is 1.96 bits per heavy atom. The van der Waals surface area contributed by atoms with Crippen LogP contribution in [0.4, 0.5) is 4.39 Å². The van der Waals surface area contributed by atoms with Crippen molar-refractivity contribution in [2.75, 3.05) is 0 Å². The van der Waals surface area contributed by atoms with E-state index in [1.54, 1.807) is 18.2 Å². The van der Waals surface area contributed by atoms with E-state index >= 15 is 0 Å². The number of unbranched alkanes of at least 4 members (excludes halogenated alkanes) is 2. The number of phenolic OH excluding ortho intramolecular Hbond substituents is 2. The molecule has 0 atom stereocenters. The van der Waals surface area contributed by atoms with Crippen molar-refractivity contribution in [3.8, 4) is 34.6 Å². The van der Waals surface area contributed by atoms with Crippen molar-refractivity contribution in [1.82, 2.24) is 4.98 Å². The second-order valence-corrected chi connectivity index (χ2v) is 6.30. The van der Waals surface area contributed by atoms with Gasteiger partial charge in [-0.25, -0.2) is 9.37 Å². The van der Waals surface area contributed by atoms with Crippen LogP contribution in [0.15, 0.2) is 36.4 Å². The molecule has 0 aliphatic rings. The third-order valence-electron chi connectivity index (χ3n) is 4.00. The summed E-state index contributed by atoms with van der Waals surface area (Å²) in [5.74, 6) is 5.08. The molecule has 1 aromatic heterocycles. The average molecular weight is 370 g/mol. The first kappa shape index (κ1) is 18.0. The maximum Gasteiger partial charge on any atom is 0.165 e. The highest BCUT2D eigenvalue weighted by Crippen LogP contribution is 2.35. The highest BCUT2D eigenvalue weighted by atomic mass is 35.5. The van der Waals surface area contributed by atoms with Gasteiger partial charge in [-0.1, -0.05) is 36.8 Å². The Bertz CT molecular complexity index is 1040. The Morgan fingerprint density at radius 1 is 1.15 bits per heavy atom.